The Morgan fingerprint density at radius 1 is 1.62 bits per heavy atom. The van der Waals surface area contributed by atoms with E-state index in [2.05, 4.69) is 0 Å². The molecule has 1 heterocycles. The van der Waals surface area contributed by atoms with E-state index >= 15 is 0 Å². The van der Waals surface area contributed by atoms with Crippen molar-refractivity contribution in [3.63, 3.8) is 0 Å². The van der Waals surface area contributed by atoms with Crippen molar-refractivity contribution in [2.45, 2.75) is 44.3 Å². The second-order valence-electron chi connectivity index (χ2n) is 2.76. The third kappa shape index (κ3) is 0.969. The molecule has 1 rings (SSSR count). The molecule has 0 radical (unpaired) electrons. The Balaban J connectivity index is 3.16. The van der Waals surface area contributed by atoms with Crippen LogP contribution in [0.2, 0.25) is 24.5 Å². The molecule has 8 heavy (non-hydrogen) atoms. The summed E-state index contributed by atoms with van der Waals surface area (Å²) < 4.78 is 45.0. The highest BCUT2D eigenvalue weighted by Crippen LogP contribution is 2.38. The van der Waals surface area contributed by atoms with Crippen LogP contribution in [0.4, 0.5) is 0 Å². The van der Waals surface area contributed by atoms with E-state index in [0.29, 0.717) is 6.04 Å². The Kier molecular flexibility index (Phi) is 0.495. The maximum atomic E-state index is 7.50. The van der Waals surface area contributed by atoms with Gasteiger partial charge in [0.1, 0.15) is 0 Å². The lowest BCUT2D eigenvalue weighted by Crippen LogP contribution is -2.24. The summed E-state index contributed by atoms with van der Waals surface area (Å²) in [7, 11) is -3.14. The zero-order valence-electron chi connectivity index (χ0n) is 11.2. The van der Waals surface area contributed by atoms with Gasteiger partial charge in [-0.1, -0.05) is 38.8 Å². The molecular formula is C7H16Si. The van der Waals surface area contributed by atoms with Crippen LogP contribution in [0.1, 0.15) is 28.0 Å². The molecule has 0 aromatic rings. The van der Waals surface area contributed by atoms with Gasteiger partial charge in [-0.3, -0.25) is 0 Å². The average molecular weight is 134 g/mol. The van der Waals surface area contributed by atoms with Crippen LogP contribution in [-0.2, 0) is 0 Å². The van der Waals surface area contributed by atoms with E-state index in [0.717, 1.165) is 12.8 Å². The molecule has 1 heteroatoms. The highest BCUT2D eigenvalue weighted by molar-refractivity contribution is 6.79. The van der Waals surface area contributed by atoms with Gasteiger partial charge in [0.2, 0.25) is 0 Å². The minimum Gasteiger partial charge on any atom is -0.0692 e. The van der Waals surface area contributed by atoms with Gasteiger partial charge in [-0.05, 0) is 5.54 Å². The van der Waals surface area contributed by atoms with E-state index in [1.165, 1.54) is 0 Å². The highest BCUT2D eigenvalue weighted by Gasteiger charge is 2.32. The molecule has 0 aliphatic carbocycles. The summed E-state index contributed by atoms with van der Waals surface area (Å²) in [6, 6.07) is 0.432. The lowest BCUT2D eigenvalue weighted by atomic mass is 10.3. The molecule has 1 aliphatic rings. The Morgan fingerprint density at radius 2 is 2.38 bits per heavy atom. The molecule has 1 atom stereocenters. The predicted octanol–water partition coefficient (Wildman–Crippen LogP) is 2.88. The normalized spacial score (nSPS) is 49.9. The van der Waals surface area contributed by atoms with Crippen LogP contribution < -0.4 is 0 Å². The highest BCUT2D eigenvalue weighted by atomic mass is 28.3. The molecule has 1 aliphatic heterocycles. The van der Waals surface area contributed by atoms with Crippen LogP contribution in [0, 0.1) is 0 Å². The first kappa shape index (κ1) is 2.12. The Bertz CT molecular complexity index is 203. The van der Waals surface area contributed by atoms with Gasteiger partial charge in [-0.2, -0.15) is 0 Å². The van der Waals surface area contributed by atoms with Crippen molar-refractivity contribution in [3.8, 4) is 0 Å². The van der Waals surface area contributed by atoms with Gasteiger partial charge in [0.15, 0.2) is 0 Å². The van der Waals surface area contributed by atoms with Crippen LogP contribution in [0.3, 0.4) is 0 Å². The molecule has 0 nitrogen and oxygen atoms in total. The molecule has 0 bridgehead atoms. The van der Waals surface area contributed by atoms with E-state index in [1.54, 1.807) is 6.92 Å². The first-order valence-corrected chi connectivity index (χ1v) is 5.41. The maximum Gasteiger partial charge on any atom is 0.0502 e. The van der Waals surface area contributed by atoms with E-state index < -0.39 is 21.0 Å². The van der Waals surface area contributed by atoms with Gasteiger partial charge < -0.3 is 0 Å². The Morgan fingerprint density at radius 3 is 2.62 bits per heavy atom. The SMILES string of the molecule is [2H]C([2H])([2H])[Si]1(C([2H])([2H])[2H])CCC[C@H]1C. The fraction of sp³-hybridized carbons (Fsp3) is 1.00. The van der Waals surface area contributed by atoms with Crippen LogP contribution in [-0.4, -0.2) is 8.07 Å². The van der Waals surface area contributed by atoms with Gasteiger partial charge >= 0.3 is 0 Å². The summed E-state index contributed by atoms with van der Waals surface area (Å²) in [6.07, 6.45) is 1.53. The van der Waals surface area contributed by atoms with Crippen molar-refractivity contribution in [2.75, 3.05) is 0 Å². The minimum absolute atomic E-state index is 0.109. The lowest BCUT2D eigenvalue weighted by Gasteiger charge is -2.19. The average Bonchev–Trinajstić information content (AvgIpc) is 2.27. The summed E-state index contributed by atoms with van der Waals surface area (Å²) in [5.41, 5.74) is -0.109. The molecule has 0 unspecified atom stereocenters. The third-order valence-electron chi connectivity index (χ3n) is 2.05. The van der Waals surface area contributed by atoms with Gasteiger partial charge in [-0.15, -0.1) is 0 Å². The van der Waals surface area contributed by atoms with Gasteiger partial charge in [-0.25, -0.2) is 0 Å². The summed E-state index contributed by atoms with van der Waals surface area (Å²) in [5.74, 6) is 0. The minimum atomic E-state index is -3.14. The number of rotatable bonds is 0. The number of hydrogen-bond acceptors (Lipinski definition) is 0. The van der Waals surface area contributed by atoms with Crippen molar-refractivity contribution in [3.05, 3.63) is 0 Å². The zero-order chi connectivity index (χ0) is 11.2. The van der Waals surface area contributed by atoms with Crippen LogP contribution in [0.5, 0.6) is 0 Å². The van der Waals surface area contributed by atoms with Crippen molar-refractivity contribution < 1.29 is 8.22 Å². The van der Waals surface area contributed by atoms with Crippen LogP contribution in [0.15, 0.2) is 0 Å². The van der Waals surface area contributed by atoms with Crippen molar-refractivity contribution in [2.24, 2.45) is 0 Å². The Labute approximate surface area is 61.7 Å². The quantitative estimate of drug-likeness (QED) is 0.447. The molecule has 0 saturated carbocycles. The van der Waals surface area contributed by atoms with Crippen molar-refractivity contribution in [1.29, 1.82) is 0 Å². The molecule has 0 N–H and O–H groups in total. The maximum absolute atomic E-state index is 7.50. The first-order chi connectivity index (χ1) is 6.13. The van der Waals surface area contributed by atoms with Gasteiger partial charge in [0.05, 0.1) is 8.07 Å². The largest absolute Gasteiger partial charge is 0.0692 e. The smallest absolute Gasteiger partial charge is 0.0502 e. The summed E-state index contributed by atoms with van der Waals surface area (Å²) in [6.45, 7) is -2.68. The third-order valence-corrected chi connectivity index (χ3v) is 5.16. The van der Waals surface area contributed by atoms with E-state index in [-0.39, 0.29) is 5.54 Å². The van der Waals surface area contributed by atoms with Gasteiger partial charge in [0, 0.05) is 8.22 Å². The van der Waals surface area contributed by atoms with Gasteiger partial charge in [0.25, 0.3) is 0 Å². The lowest BCUT2D eigenvalue weighted by molar-refractivity contribution is 0.816. The van der Waals surface area contributed by atoms with Crippen molar-refractivity contribution in [1.82, 2.24) is 0 Å². The summed E-state index contributed by atoms with van der Waals surface area (Å²) in [4.78, 5) is 0. The predicted molar refractivity (Wildman–Crippen MR) is 40.9 cm³/mol. The van der Waals surface area contributed by atoms with Crippen LogP contribution in [0.25, 0.3) is 0 Å². The fourth-order valence-electron chi connectivity index (χ4n) is 1.18. The molecule has 0 spiro atoms. The monoisotopic (exact) mass is 134 g/mol. The summed E-state index contributed by atoms with van der Waals surface area (Å²) >= 11 is 0. The summed E-state index contributed by atoms with van der Waals surface area (Å²) in [5, 5.41) is 0. The molecule has 0 amide bonds. The topological polar surface area (TPSA) is 0 Å². The van der Waals surface area contributed by atoms with Crippen molar-refractivity contribution >= 4 is 8.07 Å². The van der Waals surface area contributed by atoms with E-state index in [4.69, 9.17) is 8.22 Å². The molecular weight excluding hydrogens is 112 g/mol. The second-order valence-corrected chi connectivity index (χ2v) is 6.19. The molecule has 1 fully saturated rings. The molecule has 1 saturated heterocycles. The molecule has 0 aromatic heterocycles. The Hall–Kier alpha value is 0.217. The molecule has 48 valence electrons. The van der Waals surface area contributed by atoms with Crippen LogP contribution >= 0.6 is 0 Å². The second kappa shape index (κ2) is 1.87. The zero-order valence-corrected chi connectivity index (χ0v) is 6.20. The standard InChI is InChI=1S/C7H16Si/c1-7-5-4-6-8(7,2)3/h7H,4-6H2,1-3H3/t7-/m1/s1/i2D3,3D3. The molecule has 0 aromatic carbocycles. The van der Waals surface area contributed by atoms with E-state index in [1.807, 2.05) is 0 Å². The first-order valence-electron chi connectivity index (χ1n) is 6.13. The van der Waals surface area contributed by atoms with E-state index in [9.17, 15) is 0 Å². The fourth-order valence-corrected chi connectivity index (χ4v) is 3.13. The number of hydrogen-bond donors (Lipinski definition) is 0.